The Morgan fingerprint density at radius 3 is 3.33 bits per heavy atom. The molecule has 0 aliphatic carbocycles. The van der Waals surface area contributed by atoms with Crippen LogP contribution in [0.5, 0.6) is 0 Å². The molecule has 0 amide bonds. The summed E-state index contributed by atoms with van der Waals surface area (Å²) in [7, 11) is 0. The molecule has 2 heteroatoms. The van der Waals surface area contributed by atoms with E-state index in [1.807, 2.05) is 24.3 Å². The molecule has 0 spiro atoms. The first-order chi connectivity index (χ1) is 7.18. The number of hydrogen-bond acceptors (Lipinski definition) is 1. The number of benzene rings is 1. The fourth-order valence-electron chi connectivity index (χ4n) is 1.39. The zero-order chi connectivity index (χ0) is 10.8. The van der Waals surface area contributed by atoms with Crippen LogP contribution >= 0.6 is 0 Å². The van der Waals surface area contributed by atoms with Crippen molar-refractivity contribution in [3.63, 3.8) is 0 Å². The van der Waals surface area contributed by atoms with Crippen LogP contribution in [0.2, 0.25) is 4.24 Å². The molecule has 1 aromatic heterocycles. The van der Waals surface area contributed by atoms with Gasteiger partial charge in [-0.1, -0.05) is 18.2 Å². The number of nitrogens with one attached hydrogen (secondary N) is 1. The minimum absolute atomic E-state index is 0.355. The van der Waals surface area contributed by atoms with E-state index < -0.39 is 0 Å². The number of nitrogens with two attached hydrogens (primary N) is 1. The second kappa shape index (κ2) is 2.99. The van der Waals surface area contributed by atoms with Gasteiger partial charge in [-0.3, -0.25) is 0 Å². The van der Waals surface area contributed by atoms with E-state index in [9.17, 15) is 0 Å². The lowest BCUT2D eigenvalue weighted by Crippen LogP contribution is -2.01. The van der Waals surface area contributed by atoms with E-state index in [0.717, 1.165) is 16.5 Å². The molecule has 0 bridgehead atoms. The molecule has 0 unspecified atom stereocenters. The van der Waals surface area contributed by atoms with Crippen LogP contribution in [0.4, 0.5) is 0 Å². The Kier molecular flexibility index (Phi) is 1.16. The smallest absolute Gasteiger partial charge is 0.166 e. The van der Waals surface area contributed by atoms with E-state index in [1.54, 1.807) is 6.20 Å². The summed E-state index contributed by atoms with van der Waals surface area (Å²) in [6, 6.07) is 7.70. The summed E-state index contributed by atoms with van der Waals surface area (Å²) in [6.07, 6.45) is 2.37. The van der Waals surface area contributed by atoms with Crippen molar-refractivity contribution in [2.45, 2.75) is 6.42 Å². The van der Waals surface area contributed by atoms with Gasteiger partial charge in [-0.05, 0) is 24.6 Å². The number of aromatic amines is 1. The van der Waals surface area contributed by atoms with E-state index in [4.69, 9.17) is 4.24 Å². The zero-order valence-corrected chi connectivity index (χ0v) is 6.70. The van der Waals surface area contributed by atoms with E-state index in [0.29, 0.717) is 18.7 Å². The number of hydrogen-bond donors (Lipinski definition) is 2. The SMILES string of the molecule is [2H]N([2H])CCc1cn([2H])c2ccccc12. The Morgan fingerprint density at radius 2 is 2.42 bits per heavy atom. The Bertz CT molecular complexity index is 465. The van der Waals surface area contributed by atoms with Gasteiger partial charge >= 0.3 is 0 Å². The van der Waals surface area contributed by atoms with Gasteiger partial charge in [0.25, 0.3) is 0 Å². The van der Waals surface area contributed by atoms with Crippen molar-refractivity contribution >= 4 is 10.9 Å². The highest BCUT2D eigenvalue weighted by Gasteiger charge is 1.99. The molecule has 2 aromatic rings. The van der Waals surface area contributed by atoms with Gasteiger partial charge in [-0.2, -0.15) is 0 Å². The van der Waals surface area contributed by atoms with Gasteiger partial charge in [-0.15, -0.1) is 0 Å². The van der Waals surface area contributed by atoms with Gasteiger partial charge in [0.15, 0.2) is 1.41 Å². The van der Waals surface area contributed by atoms with E-state index in [1.165, 1.54) is 4.98 Å². The standard InChI is InChI=1S/C10H12N2/c11-6-5-8-7-12-10-4-2-1-3-9(8)10/h1-4,7,12H,5-6,11H2/i/hD3. The third-order valence-electron chi connectivity index (χ3n) is 1.99. The molecule has 12 heavy (non-hydrogen) atoms. The quantitative estimate of drug-likeness (QED) is 0.710. The van der Waals surface area contributed by atoms with Crippen LogP contribution in [0.3, 0.4) is 0 Å². The van der Waals surface area contributed by atoms with Crippen LogP contribution in [0, 0.1) is 0 Å². The molecule has 0 saturated carbocycles. The van der Waals surface area contributed by atoms with Crippen LogP contribution in [0.25, 0.3) is 10.9 Å². The summed E-state index contributed by atoms with van der Waals surface area (Å²) in [6.45, 7) is 0.355. The lowest BCUT2D eigenvalue weighted by Gasteiger charge is -1.93. The summed E-state index contributed by atoms with van der Waals surface area (Å²) in [4.78, 5) is 1.34. The molecule has 0 atom stereocenters. The Morgan fingerprint density at radius 1 is 1.50 bits per heavy atom. The van der Waals surface area contributed by atoms with Crippen molar-refractivity contribution in [1.82, 2.24) is 4.98 Å². The van der Waals surface area contributed by atoms with Crippen molar-refractivity contribution in [2.75, 3.05) is 6.54 Å². The third-order valence-corrected chi connectivity index (χ3v) is 1.99. The number of rotatable bonds is 3. The minimum atomic E-state index is 0.355. The normalized spacial score (nSPS) is 14.6. The number of para-hydroxylation sites is 1. The molecule has 0 aliphatic rings. The van der Waals surface area contributed by atoms with Crippen LogP contribution in [0.15, 0.2) is 30.5 Å². The highest BCUT2D eigenvalue weighted by Crippen LogP contribution is 2.17. The van der Waals surface area contributed by atoms with E-state index in [2.05, 4.69) is 0 Å². The Labute approximate surface area is 75.8 Å². The van der Waals surface area contributed by atoms with Crippen LogP contribution in [-0.2, 0) is 6.42 Å². The van der Waals surface area contributed by atoms with Crippen LogP contribution < -0.4 is 5.72 Å². The highest BCUT2D eigenvalue weighted by atomic mass is 14.7. The van der Waals surface area contributed by atoms with Crippen molar-refractivity contribution in [1.29, 1.82) is 0 Å². The lowest BCUT2D eigenvalue weighted by molar-refractivity contribution is 0.976. The van der Waals surface area contributed by atoms with Crippen LogP contribution in [0.1, 0.15) is 5.56 Å². The molecular formula is C10H12N2. The number of aromatic nitrogens is 1. The van der Waals surface area contributed by atoms with Gasteiger partial charge in [-0.25, -0.2) is 0 Å². The third kappa shape index (κ3) is 1.10. The fourth-order valence-corrected chi connectivity index (χ4v) is 1.39. The maximum absolute atomic E-state index is 7.68. The molecule has 0 saturated heterocycles. The summed E-state index contributed by atoms with van der Waals surface area (Å²) in [5.41, 5.74) is 2.55. The van der Waals surface area contributed by atoms with Crippen molar-refractivity contribution < 1.29 is 4.24 Å². The summed E-state index contributed by atoms with van der Waals surface area (Å²) >= 11 is 0. The number of H-pyrrole nitrogens is 1. The average Bonchev–Trinajstić information content (AvgIpc) is 2.54. The molecule has 3 N–H and O–H groups in total. The first kappa shape index (κ1) is 4.67. The maximum Gasteiger partial charge on any atom is 0.166 e. The van der Waals surface area contributed by atoms with Gasteiger partial charge in [0.05, 0.1) is 0 Å². The molecule has 0 fully saturated rings. The molecule has 1 aromatic carbocycles. The molecular weight excluding hydrogens is 148 g/mol. The predicted octanol–water partition coefficient (Wildman–Crippen LogP) is 1.67. The molecule has 0 radical (unpaired) electrons. The van der Waals surface area contributed by atoms with Gasteiger partial charge < -0.3 is 10.7 Å². The topological polar surface area (TPSA) is 41.8 Å². The van der Waals surface area contributed by atoms with Crippen molar-refractivity contribution in [3.8, 4) is 0 Å². The summed E-state index contributed by atoms with van der Waals surface area (Å²) in [5, 5.41) is 1.04. The second-order valence-corrected chi connectivity index (χ2v) is 2.77. The molecule has 0 aliphatic heterocycles. The van der Waals surface area contributed by atoms with Crippen molar-refractivity contribution in [2.24, 2.45) is 5.72 Å². The molecule has 2 nitrogen and oxygen atoms in total. The van der Waals surface area contributed by atoms with E-state index >= 15 is 0 Å². The zero-order valence-electron chi connectivity index (χ0n) is 9.70. The number of fused-ring (bicyclic) bond motifs is 1. The average molecular weight is 163 g/mol. The molecule has 62 valence electrons. The minimum Gasteiger partial charge on any atom is -0.361 e. The van der Waals surface area contributed by atoms with Gasteiger partial charge in [0, 0.05) is 17.1 Å². The van der Waals surface area contributed by atoms with Gasteiger partial charge in [0.2, 0.25) is 0 Å². The Hall–Kier alpha value is -1.28. The lowest BCUT2D eigenvalue weighted by atomic mass is 10.1. The first-order valence-electron chi connectivity index (χ1n) is 5.36. The van der Waals surface area contributed by atoms with Crippen molar-refractivity contribution in [3.05, 3.63) is 36.0 Å². The van der Waals surface area contributed by atoms with Crippen LogP contribution in [-0.4, -0.2) is 11.5 Å². The second-order valence-electron chi connectivity index (χ2n) is 2.77. The van der Waals surface area contributed by atoms with E-state index in [-0.39, 0.29) is 0 Å². The fraction of sp³-hybridized carbons (Fsp3) is 0.200. The Balaban J connectivity index is 2.35. The summed E-state index contributed by atoms with van der Waals surface area (Å²) < 4.78 is 21.7. The highest BCUT2D eigenvalue weighted by molar-refractivity contribution is 5.82. The molecule has 2 rings (SSSR count). The predicted molar refractivity (Wildman–Crippen MR) is 51.1 cm³/mol. The first-order valence-corrected chi connectivity index (χ1v) is 4.02. The monoisotopic (exact) mass is 163 g/mol. The largest absolute Gasteiger partial charge is 0.361 e. The van der Waals surface area contributed by atoms with Gasteiger partial charge in [0.1, 0.15) is 2.82 Å². The molecule has 1 heterocycles. The summed E-state index contributed by atoms with van der Waals surface area (Å²) in [5.74, 6) is 0. The maximum atomic E-state index is 7.68.